The SMILES string of the molecule is Cc1cc(CC(C)O)c(OCC2CCC2)cc1C. The highest BCUT2D eigenvalue weighted by atomic mass is 16.5. The van der Waals surface area contributed by atoms with Crippen LogP contribution in [0.3, 0.4) is 0 Å². The van der Waals surface area contributed by atoms with Crippen molar-refractivity contribution in [2.45, 2.75) is 52.6 Å². The summed E-state index contributed by atoms with van der Waals surface area (Å²) in [7, 11) is 0. The summed E-state index contributed by atoms with van der Waals surface area (Å²) in [5.74, 6) is 1.71. The zero-order valence-electron chi connectivity index (χ0n) is 11.7. The predicted molar refractivity (Wildman–Crippen MR) is 74.1 cm³/mol. The average Bonchev–Trinajstić information content (AvgIpc) is 2.21. The number of ether oxygens (including phenoxy) is 1. The molecule has 100 valence electrons. The van der Waals surface area contributed by atoms with Gasteiger partial charge in [0.25, 0.3) is 0 Å². The highest BCUT2D eigenvalue weighted by Crippen LogP contribution is 2.29. The molecule has 0 aliphatic heterocycles. The fourth-order valence-corrected chi connectivity index (χ4v) is 2.33. The summed E-state index contributed by atoms with van der Waals surface area (Å²) in [4.78, 5) is 0. The lowest BCUT2D eigenvalue weighted by molar-refractivity contribution is 0.173. The molecule has 1 aliphatic carbocycles. The summed E-state index contributed by atoms with van der Waals surface area (Å²) in [5, 5.41) is 9.57. The Morgan fingerprint density at radius 2 is 1.94 bits per heavy atom. The Labute approximate surface area is 110 Å². The molecule has 1 fully saturated rings. The fraction of sp³-hybridized carbons (Fsp3) is 0.625. The largest absolute Gasteiger partial charge is 0.493 e. The summed E-state index contributed by atoms with van der Waals surface area (Å²) in [6.07, 6.45) is 4.30. The van der Waals surface area contributed by atoms with E-state index >= 15 is 0 Å². The van der Waals surface area contributed by atoms with Gasteiger partial charge in [-0.15, -0.1) is 0 Å². The monoisotopic (exact) mass is 248 g/mol. The van der Waals surface area contributed by atoms with Crippen LogP contribution in [0.4, 0.5) is 0 Å². The van der Waals surface area contributed by atoms with E-state index in [0.29, 0.717) is 6.42 Å². The minimum atomic E-state index is -0.321. The Hall–Kier alpha value is -1.02. The number of benzene rings is 1. The van der Waals surface area contributed by atoms with E-state index in [-0.39, 0.29) is 6.10 Å². The summed E-state index contributed by atoms with van der Waals surface area (Å²) in [5.41, 5.74) is 3.65. The first-order chi connectivity index (χ1) is 8.56. The van der Waals surface area contributed by atoms with Gasteiger partial charge in [0.1, 0.15) is 5.75 Å². The summed E-state index contributed by atoms with van der Waals surface area (Å²) < 4.78 is 5.97. The van der Waals surface area contributed by atoms with Crippen molar-refractivity contribution in [3.63, 3.8) is 0 Å². The van der Waals surface area contributed by atoms with Gasteiger partial charge in [-0.2, -0.15) is 0 Å². The van der Waals surface area contributed by atoms with Crippen LogP contribution in [0.25, 0.3) is 0 Å². The molecule has 18 heavy (non-hydrogen) atoms. The molecule has 1 aromatic carbocycles. The molecular formula is C16H24O2. The second-order valence-electron chi connectivity index (χ2n) is 5.71. The summed E-state index contributed by atoms with van der Waals surface area (Å²) >= 11 is 0. The van der Waals surface area contributed by atoms with Crippen LogP contribution in [-0.4, -0.2) is 17.8 Å². The van der Waals surface area contributed by atoms with Crippen molar-refractivity contribution in [2.75, 3.05) is 6.61 Å². The third-order valence-corrected chi connectivity index (χ3v) is 3.89. The Balaban J connectivity index is 2.11. The van der Waals surface area contributed by atoms with Crippen molar-refractivity contribution < 1.29 is 9.84 Å². The van der Waals surface area contributed by atoms with Crippen LogP contribution in [0.5, 0.6) is 5.75 Å². The van der Waals surface area contributed by atoms with Crippen LogP contribution in [-0.2, 0) is 6.42 Å². The van der Waals surface area contributed by atoms with Crippen LogP contribution in [0.1, 0.15) is 42.9 Å². The minimum absolute atomic E-state index is 0.321. The third kappa shape index (κ3) is 3.26. The van der Waals surface area contributed by atoms with Gasteiger partial charge in [-0.3, -0.25) is 0 Å². The molecule has 1 unspecified atom stereocenters. The molecule has 1 aliphatic rings. The van der Waals surface area contributed by atoms with Crippen molar-refractivity contribution in [1.82, 2.24) is 0 Å². The van der Waals surface area contributed by atoms with Crippen molar-refractivity contribution in [2.24, 2.45) is 5.92 Å². The quantitative estimate of drug-likeness (QED) is 0.865. The Morgan fingerprint density at radius 1 is 1.28 bits per heavy atom. The Morgan fingerprint density at radius 3 is 2.50 bits per heavy atom. The number of aryl methyl sites for hydroxylation is 2. The molecular weight excluding hydrogens is 224 g/mol. The van der Waals surface area contributed by atoms with Gasteiger partial charge >= 0.3 is 0 Å². The van der Waals surface area contributed by atoms with Gasteiger partial charge in [-0.05, 0) is 62.3 Å². The minimum Gasteiger partial charge on any atom is -0.493 e. The van der Waals surface area contributed by atoms with E-state index in [1.54, 1.807) is 0 Å². The lowest BCUT2D eigenvalue weighted by Gasteiger charge is -2.26. The molecule has 0 amide bonds. The second-order valence-corrected chi connectivity index (χ2v) is 5.71. The van der Waals surface area contributed by atoms with Gasteiger partial charge < -0.3 is 9.84 Å². The maximum absolute atomic E-state index is 9.57. The fourth-order valence-electron chi connectivity index (χ4n) is 2.33. The number of hydrogen-bond donors (Lipinski definition) is 1. The zero-order valence-corrected chi connectivity index (χ0v) is 11.7. The van der Waals surface area contributed by atoms with Crippen molar-refractivity contribution in [3.8, 4) is 5.75 Å². The highest BCUT2D eigenvalue weighted by molar-refractivity contribution is 5.42. The van der Waals surface area contributed by atoms with Crippen LogP contribution in [0.15, 0.2) is 12.1 Å². The van der Waals surface area contributed by atoms with Gasteiger partial charge in [0.15, 0.2) is 0 Å². The molecule has 1 atom stereocenters. The number of aliphatic hydroxyl groups excluding tert-OH is 1. The van der Waals surface area contributed by atoms with Crippen LogP contribution in [0, 0.1) is 19.8 Å². The lowest BCUT2D eigenvalue weighted by Crippen LogP contribution is -2.20. The highest BCUT2D eigenvalue weighted by Gasteiger charge is 2.19. The first-order valence-corrected chi connectivity index (χ1v) is 6.97. The van der Waals surface area contributed by atoms with Crippen molar-refractivity contribution in [1.29, 1.82) is 0 Å². The first-order valence-electron chi connectivity index (χ1n) is 6.97. The Kier molecular flexibility index (Phi) is 4.28. The standard InChI is InChI=1S/C16H24O2/c1-11-7-15(9-13(3)17)16(8-12(11)2)18-10-14-5-4-6-14/h7-8,13-14,17H,4-6,9-10H2,1-3H3. The molecule has 2 nitrogen and oxygen atoms in total. The smallest absolute Gasteiger partial charge is 0.122 e. The van der Waals surface area contributed by atoms with Crippen LogP contribution < -0.4 is 4.74 Å². The maximum Gasteiger partial charge on any atom is 0.122 e. The summed E-state index contributed by atoms with van der Waals surface area (Å²) in [6, 6.07) is 4.27. The molecule has 1 aromatic rings. The van der Waals surface area contributed by atoms with E-state index in [0.717, 1.165) is 23.8 Å². The molecule has 0 heterocycles. The van der Waals surface area contributed by atoms with Crippen LogP contribution >= 0.6 is 0 Å². The molecule has 0 aromatic heterocycles. The van der Waals surface area contributed by atoms with Crippen molar-refractivity contribution in [3.05, 3.63) is 28.8 Å². The molecule has 0 saturated heterocycles. The van der Waals surface area contributed by atoms with Gasteiger partial charge in [-0.1, -0.05) is 12.5 Å². The zero-order chi connectivity index (χ0) is 13.1. The summed E-state index contributed by atoms with van der Waals surface area (Å²) in [6.45, 7) is 6.87. The van der Waals surface area contributed by atoms with E-state index in [1.807, 2.05) is 6.92 Å². The molecule has 1 saturated carbocycles. The number of rotatable bonds is 5. The van der Waals surface area contributed by atoms with Gasteiger partial charge in [0.2, 0.25) is 0 Å². The topological polar surface area (TPSA) is 29.5 Å². The third-order valence-electron chi connectivity index (χ3n) is 3.89. The van der Waals surface area contributed by atoms with Gasteiger partial charge in [-0.25, -0.2) is 0 Å². The molecule has 2 heteroatoms. The Bertz CT molecular complexity index is 406. The molecule has 0 radical (unpaired) electrons. The molecule has 2 rings (SSSR count). The number of hydrogen-bond acceptors (Lipinski definition) is 2. The first kappa shape index (κ1) is 13.4. The van der Waals surface area contributed by atoms with E-state index in [9.17, 15) is 5.11 Å². The molecule has 0 spiro atoms. The van der Waals surface area contributed by atoms with Crippen molar-refractivity contribution >= 4 is 0 Å². The van der Waals surface area contributed by atoms with Crippen LogP contribution in [0.2, 0.25) is 0 Å². The maximum atomic E-state index is 9.57. The molecule has 0 bridgehead atoms. The second kappa shape index (κ2) is 5.75. The number of aliphatic hydroxyl groups is 1. The van der Waals surface area contributed by atoms with E-state index in [4.69, 9.17) is 4.74 Å². The van der Waals surface area contributed by atoms with E-state index in [1.165, 1.54) is 30.4 Å². The van der Waals surface area contributed by atoms with E-state index in [2.05, 4.69) is 26.0 Å². The normalized spacial score (nSPS) is 17.3. The predicted octanol–water partition coefficient (Wildman–Crippen LogP) is 3.41. The molecule has 1 N–H and O–H groups in total. The van der Waals surface area contributed by atoms with Gasteiger partial charge in [0.05, 0.1) is 12.7 Å². The average molecular weight is 248 g/mol. The lowest BCUT2D eigenvalue weighted by atomic mass is 9.86. The van der Waals surface area contributed by atoms with Gasteiger partial charge in [0, 0.05) is 6.42 Å². The van der Waals surface area contributed by atoms with E-state index < -0.39 is 0 Å².